The topological polar surface area (TPSA) is 41.4 Å². The molecule has 1 aromatic heterocycles. The van der Waals surface area contributed by atoms with Crippen molar-refractivity contribution in [1.82, 2.24) is 19.6 Å². The van der Waals surface area contributed by atoms with Crippen LogP contribution >= 0.6 is 12.4 Å². The molecule has 0 spiro atoms. The molecule has 6 heteroatoms. The molecule has 1 amide bonds. The third kappa shape index (κ3) is 2.48. The Hall–Kier alpha value is -1.59. The van der Waals surface area contributed by atoms with Crippen molar-refractivity contribution in [3.05, 3.63) is 29.5 Å². The lowest BCUT2D eigenvalue weighted by atomic mass is 9.83. The molecule has 134 valence electrons. The van der Waals surface area contributed by atoms with E-state index in [9.17, 15) is 4.79 Å². The first-order chi connectivity index (χ1) is 11.8. The third-order valence-corrected chi connectivity index (χ3v) is 6.25. The first-order valence-electron chi connectivity index (χ1n) is 9.28. The second-order valence-corrected chi connectivity index (χ2v) is 7.42. The Morgan fingerprint density at radius 1 is 1.20 bits per heavy atom. The van der Waals surface area contributed by atoms with Crippen molar-refractivity contribution in [2.24, 2.45) is 5.92 Å². The molecule has 0 saturated carbocycles. The number of aryl methyl sites for hydroxylation is 1. The Labute approximate surface area is 154 Å². The number of piperidine rings is 3. The van der Waals surface area contributed by atoms with E-state index in [1.165, 1.54) is 25.9 Å². The summed E-state index contributed by atoms with van der Waals surface area (Å²) in [6.07, 6.45) is 3.35. The molecule has 3 fully saturated rings. The molecule has 5 heterocycles. The molecule has 1 aromatic carbocycles. The monoisotopic (exact) mass is 360 g/mol. The van der Waals surface area contributed by atoms with Gasteiger partial charge in [-0.15, -0.1) is 12.4 Å². The van der Waals surface area contributed by atoms with Gasteiger partial charge in [0.1, 0.15) is 0 Å². The lowest BCUT2D eigenvalue weighted by Gasteiger charge is -2.49. The van der Waals surface area contributed by atoms with Crippen molar-refractivity contribution in [3.63, 3.8) is 0 Å². The maximum Gasteiger partial charge on any atom is 0.254 e. The number of benzene rings is 1. The fourth-order valence-corrected chi connectivity index (χ4v) is 4.99. The van der Waals surface area contributed by atoms with Crippen molar-refractivity contribution in [2.45, 2.75) is 38.8 Å². The number of halogens is 1. The minimum Gasteiger partial charge on any atom is -0.334 e. The van der Waals surface area contributed by atoms with Gasteiger partial charge >= 0.3 is 0 Å². The molecule has 2 aromatic rings. The van der Waals surface area contributed by atoms with Crippen LogP contribution in [-0.2, 0) is 13.0 Å². The Balaban J connectivity index is 0.00000157. The highest BCUT2D eigenvalue weighted by molar-refractivity contribution is 6.08. The SMILES string of the molecule is CCn1nc2c3c(cccc31)C(=O)N([C@@H]1CN3CCC1CC3)CC2.Cl. The van der Waals surface area contributed by atoms with Crippen LogP contribution in [0.1, 0.15) is 35.8 Å². The summed E-state index contributed by atoms with van der Waals surface area (Å²) in [5.41, 5.74) is 3.06. The van der Waals surface area contributed by atoms with Gasteiger partial charge in [-0.05, 0) is 50.9 Å². The minimum atomic E-state index is 0. The standard InChI is InChI=1S/C19H24N4O.ClH/c1-2-23-16-5-3-4-14-18(16)15(20-23)8-11-22(19(14)24)17-12-21-9-6-13(17)7-10-21;/h3-5,13,17H,2,6-12H2,1H3;1H/t17-;/m1./s1. The molecule has 0 radical (unpaired) electrons. The predicted molar refractivity (Wildman–Crippen MR) is 100 cm³/mol. The summed E-state index contributed by atoms with van der Waals surface area (Å²) in [6, 6.07) is 6.48. The Kier molecular flexibility index (Phi) is 4.24. The minimum absolute atomic E-state index is 0. The van der Waals surface area contributed by atoms with E-state index in [0.717, 1.165) is 48.2 Å². The van der Waals surface area contributed by atoms with Crippen molar-refractivity contribution < 1.29 is 4.79 Å². The van der Waals surface area contributed by atoms with Gasteiger partial charge in [-0.1, -0.05) is 6.07 Å². The molecule has 1 atom stereocenters. The lowest BCUT2D eigenvalue weighted by Crippen LogP contribution is -2.58. The van der Waals surface area contributed by atoms with E-state index >= 15 is 0 Å². The summed E-state index contributed by atoms with van der Waals surface area (Å²) < 4.78 is 2.03. The van der Waals surface area contributed by atoms with Crippen molar-refractivity contribution in [1.29, 1.82) is 0 Å². The molecule has 6 rings (SSSR count). The molecule has 0 aliphatic carbocycles. The maximum absolute atomic E-state index is 13.4. The number of aromatic nitrogens is 2. The average Bonchev–Trinajstić information content (AvgIpc) is 2.93. The van der Waals surface area contributed by atoms with Crippen molar-refractivity contribution in [3.8, 4) is 0 Å². The molecule has 25 heavy (non-hydrogen) atoms. The summed E-state index contributed by atoms with van der Waals surface area (Å²) in [5.74, 6) is 0.896. The van der Waals surface area contributed by atoms with E-state index < -0.39 is 0 Å². The summed E-state index contributed by atoms with van der Waals surface area (Å²) in [7, 11) is 0. The molecule has 0 N–H and O–H groups in total. The highest BCUT2D eigenvalue weighted by Gasteiger charge is 2.40. The lowest BCUT2D eigenvalue weighted by molar-refractivity contribution is 0.00820. The fraction of sp³-hybridized carbons (Fsp3) is 0.579. The number of carbonyl (C=O) groups is 1. The zero-order chi connectivity index (χ0) is 16.3. The average molecular weight is 361 g/mol. The summed E-state index contributed by atoms with van der Waals surface area (Å²) >= 11 is 0. The van der Waals surface area contributed by atoms with E-state index in [1.807, 2.05) is 16.8 Å². The number of hydrogen-bond donors (Lipinski definition) is 0. The normalized spacial score (nSPS) is 28.1. The number of hydrogen-bond acceptors (Lipinski definition) is 3. The van der Waals surface area contributed by atoms with Crippen LogP contribution in [0.25, 0.3) is 10.9 Å². The van der Waals surface area contributed by atoms with E-state index in [1.54, 1.807) is 0 Å². The first-order valence-corrected chi connectivity index (χ1v) is 9.28. The van der Waals surface area contributed by atoms with Crippen molar-refractivity contribution in [2.75, 3.05) is 26.2 Å². The highest BCUT2D eigenvalue weighted by Crippen LogP contribution is 2.34. The zero-order valence-electron chi connectivity index (χ0n) is 14.6. The first kappa shape index (κ1) is 16.9. The predicted octanol–water partition coefficient (Wildman–Crippen LogP) is 2.57. The van der Waals surface area contributed by atoms with E-state index in [0.29, 0.717) is 12.0 Å². The Morgan fingerprint density at radius 2 is 2.00 bits per heavy atom. The summed E-state index contributed by atoms with van der Waals surface area (Å²) in [5, 5.41) is 5.88. The summed E-state index contributed by atoms with van der Waals surface area (Å²) in [4.78, 5) is 18.1. The molecular weight excluding hydrogens is 336 g/mol. The Bertz CT molecular complexity index is 809. The van der Waals surface area contributed by atoms with E-state index in [2.05, 4.69) is 22.8 Å². The van der Waals surface area contributed by atoms with Gasteiger partial charge in [0.2, 0.25) is 0 Å². The molecule has 5 nitrogen and oxygen atoms in total. The maximum atomic E-state index is 13.4. The smallest absolute Gasteiger partial charge is 0.254 e. The zero-order valence-corrected chi connectivity index (χ0v) is 15.5. The van der Waals surface area contributed by atoms with Gasteiger partial charge in [0, 0.05) is 37.5 Å². The van der Waals surface area contributed by atoms with Crippen LogP contribution < -0.4 is 0 Å². The van der Waals surface area contributed by atoms with Crippen LogP contribution in [0.4, 0.5) is 0 Å². The van der Waals surface area contributed by atoms with E-state index in [-0.39, 0.29) is 18.3 Å². The molecule has 0 unspecified atom stereocenters. The van der Waals surface area contributed by atoms with Gasteiger partial charge in [-0.25, -0.2) is 0 Å². The van der Waals surface area contributed by atoms with Gasteiger partial charge < -0.3 is 9.80 Å². The van der Waals surface area contributed by atoms with Gasteiger partial charge in [-0.2, -0.15) is 5.10 Å². The molecular formula is C19H25ClN4O. The van der Waals surface area contributed by atoms with Crippen LogP contribution in [0.3, 0.4) is 0 Å². The number of rotatable bonds is 2. The molecule has 3 saturated heterocycles. The van der Waals surface area contributed by atoms with Crippen LogP contribution in [-0.4, -0.2) is 57.7 Å². The van der Waals surface area contributed by atoms with Gasteiger partial charge in [0.05, 0.1) is 16.8 Å². The third-order valence-electron chi connectivity index (χ3n) is 6.25. The second-order valence-electron chi connectivity index (χ2n) is 7.42. The number of carbonyl (C=O) groups excluding carboxylic acids is 1. The van der Waals surface area contributed by atoms with Crippen LogP contribution in [0.15, 0.2) is 18.2 Å². The number of nitrogens with zero attached hydrogens (tertiary/aromatic N) is 4. The quantitative estimate of drug-likeness (QED) is 0.826. The number of fused-ring (bicyclic) bond motifs is 3. The van der Waals surface area contributed by atoms with E-state index in [4.69, 9.17) is 5.10 Å². The highest BCUT2D eigenvalue weighted by atomic mass is 35.5. The van der Waals surface area contributed by atoms with Crippen LogP contribution in [0, 0.1) is 5.92 Å². The van der Waals surface area contributed by atoms with Crippen LogP contribution in [0.5, 0.6) is 0 Å². The second kappa shape index (κ2) is 6.29. The molecule has 2 bridgehead atoms. The fourth-order valence-electron chi connectivity index (χ4n) is 4.99. The van der Waals surface area contributed by atoms with Gasteiger partial charge in [0.15, 0.2) is 0 Å². The summed E-state index contributed by atoms with van der Waals surface area (Å²) in [6.45, 7) is 7.23. The largest absolute Gasteiger partial charge is 0.334 e. The molecule has 4 aliphatic rings. The van der Waals surface area contributed by atoms with Gasteiger partial charge in [0.25, 0.3) is 5.91 Å². The molecule has 4 aliphatic heterocycles. The van der Waals surface area contributed by atoms with Gasteiger partial charge in [-0.3, -0.25) is 9.48 Å². The Morgan fingerprint density at radius 3 is 2.68 bits per heavy atom. The number of amides is 1. The van der Waals surface area contributed by atoms with Crippen molar-refractivity contribution >= 4 is 29.2 Å². The van der Waals surface area contributed by atoms with Crippen LogP contribution in [0.2, 0.25) is 0 Å².